The van der Waals surface area contributed by atoms with E-state index in [0.717, 1.165) is 19.3 Å². The van der Waals surface area contributed by atoms with Crippen LogP contribution in [0.25, 0.3) is 0 Å². The van der Waals surface area contributed by atoms with Gasteiger partial charge in [0.15, 0.2) is 0 Å². The van der Waals surface area contributed by atoms with Crippen molar-refractivity contribution in [2.45, 2.75) is 58.2 Å². The summed E-state index contributed by atoms with van der Waals surface area (Å²) in [6.45, 7) is 6.20. The van der Waals surface area contributed by atoms with Crippen molar-refractivity contribution < 1.29 is 9.59 Å². The summed E-state index contributed by atoms with van der Waals surface area (Å²) in [4.78, 5) is 28.9. The van der Waals surface area contributed by atoms with E-state index in [-0.39, 0.29) is 36.5 Å². The highest BCUT2D eigenvalue weighted by Gasteiger charge is 2.33. The summed E-state index contributed by atoms with van der Waals surface area (Å²) >= 11 is 6.06. The molecule has 3 atom stereocenters. The van der Waals surface area contributed by atoms with Crippen molar-refractivity contribution >= 4 is 29.1 Å². The molecule has 5 nitrogen and oxygen atoms in total. The Hall–Kier alpha value is -1.59. The molecule has 0 aliphatic carbocycles. The minimum atomic E-state index is -0.347. The number of para-hydroxylation sites is 1. The number of likely N-dealkylation sites (N-methyl/N-ethyl adjacent to an activating group) is 1. The second kappa shape index (κ2) is 8.68. The van der Waals surface area contributed by atoms with Crippen molar-refractivity contribution in [3.8, 4) is 0 Å². The molecule has 1 N–H and O–H groups in total. The van der Waals surface area contributed by atoms with Crippen LogP contribution in [0.5, 0.6) is 0 Å². The number of hydrogen-bond acceptors (Lipinski definition) is 3. The second-order valence-corrected chi connectivity index (χ2v) is 7.40. The first-order valence-electron chi connectivity index (χ1n) is 8.88. The van der Waals surface area contributed by atoms with Gasteiger partial charge in [-0.25, -0.2) is 0 Å². The average Bonchev–Trinajstić information content (AvgIpc) is 2.55. The van der Waals surface area contributed by atoms with Gasteiger partial charge in [0.05, 0.1) is 23.3 Å². The lowest BCUT2D eigenvalue weighted by atomic mass is 9.96. The third-order valence-electron chi connectivity index (χ3n) is 5.01. The normalized spacial score (nSPS) is 21.9. The summed E-state index contributed by atoms with van der Waals surface area (Å²) in [7, 11) is 1.80. The number of nitrogens with one attached hydrogen (secondary N) is 1. The number of benzene rings is 1. The van der Waals surface area contributed by atoms with Gasteiger partial charge in [-0.1, -0.05) is 23.7 Å². The predicted octanol–water partition coefficient (Wildman–Crippen LogP) is 3.39. The number of amides is 2. The maximum atomic E-state index is 12.9. The summed E-state index contributed by atoms with van der Waals surface area (Å²) in [5.74, 6) is -0.0947. The average molecular weight is 366 g/mol. The topological polar surface area (TPSA) is 52.7 Å². The van der Waals surface area contributed by atoms with Gasteiger partial charge in [-0.15, -0.1) is 0 Å². The number of likely N-dealkylation sites (tertiary alicyclic amines) is 1. The molecule has 1 aromatic rings. The summed E-state index contributed by atoms with van der Waals surface area (Å²) < 4.78 is 0. The number of rotatable bonds is 5. The van der Waals surface area contributed by atoms with Gasteiger partial charge in [0.1, 0.15) is 0 Å². The van der Waals surface area contributed by atoms with E-state index >= 15 is 0 Å². The molecule has 0 spiro atoms. The fourth-order valence-electron chi connectivity index (χ4n) is 3.38. The standard InChI is InChI=1S/C19H28ClN3O2/c1-13-8-7-9-14(2)23(13)19(25)15(3)22(4)12-18(24)21-17-11-6-5-10-16(17)20/h5-6,10-11,13-15H,7-9,12H2,1-4H3,(H,21,24)/t13-,14-,15+/m0/s1. The van der Waals surface area contributed by atoms with Crippen LogP contribution in [0.4, 0.5) is 5.69 Å². The number of anilines is 1. The molecule has 2 rings (SSSR count). The highest BCUT2D eigenvalue weighted by Crippen LogP contribution is 2.24. The third-order valence-corrected chi connectivity index (χ3v) is 5.34. The Morgan fingerprint density at radius 3 is 2.48 bits per heavy atom. The Bertz CT molecular complexity index is 612. The van der Waals surface area contributed by atoms with Gasteiger partial charge < -0.3 is 10.2 Å². The first kappa shape index (κ1) is 19.7. The number of nitrogens with zero attached hydrogens (tertiary/aromatic N) is 2. The molecular weight excluding hydrogens is 338 g/mol. The lowest BCUT2D eigenvalue weighted by Gasteiger charge is -2.41. The number of piperidine rings is 1. The maximum absolute atomic E-state index is 12.9. The fraction of sp³-hybridized carbons (Fsp3) is 0.579. The molecule has 25 heavy (non-hydrogen) atoms. The van der Waals surface area contributed by atoms with Gasteiger partial charge in [0, 0.05) is 12.1 Å². The van der Waals surface area contributed by atoms with E-state index in [1.54, 1.807) is 24.1 Å². The fourth-order valence-corrected chi connectivity index (χ4v) is 3.56. The zero-order valence-electron chi connectivity index (χ0n) is 15.5. The molecule has 1 fully saturated rings. The van der Waals surface area contributed by atoms with Crippen molar-refractivity contribution in [1.82, 2.24) is 9.80 Å². The zero-order chi connectivity index (χ0) is 18.6. The van der Waals surface area contributed by atoms with Gasteiger partial charge in [0.25, 0.3) is 0 Å². The highest BCUT2D eigenvalue weighted by molar-refractivity contribution is 6.33. The zero-order valence-corrected chi connectivity index (χ0v) is 16.2. The Morgan fingerprint density at radius 1 is 1.28 bits per heavy atom. The van der Waals surface area contributed by atoms with Crippen LogP contribution in [0.1, 0.15) is 40.0 Å². The molecule has 1 heterocycles. The molecule has 0 unspecified atom stereocenters. The number of halogens is 1. The molecule has 1 saturated heterocycles. The summed E-state index contributed by atoms with van der Waals surface area (Å²) in [5.41, 5.74) is 0.583. The second-order valence-electron chi connectivity index (χ2n) is 6.99. The van der Waals surface area contributed by atoms with Crippen LogP contribution in [0.2, 0.25) is 5.02 Å². The van der Waals surface area contributed by atoms with Crippen molar-refractivity contribution in [3.05, 3.63) is 29.3 Å². The van der Waals surface area contributed by atoms with E-state index in [4.69, 9.17) is 11.6 Å². The van der Waals surface area contributed by atoms with E-state index in [1.165, 1.54) is 0 Å². The van der Waals surface area contributed by atoms with Crippen molar-refractivity contribution in [1.29, 1.82) is 0 Å². The van der Waals surface area contributed by atoms with Crippen LogP contribution >= 0.6 is 11.6 Å². The first-order chi connectivity index (χ1) is 11.8. The van der Waals surface area contributed by atoms with Crippen LogP contribution < -0.4 is 5.32 Å². The van der Waals surface area contributed by atoms with Crippen LogP contribution in [0.15, 0.2) is 24.3 Å². The van der Waals surface area contributed by atoms with Crippen molar-refractivity contribution in [2.75, 3.05) is 18.9 Å². The Balaban J connectivity index is 1.95. The van der Waals surface area contributed by atoms with Crippen molar-refractivity contribution in [2.24, 2.45) is 0 Å². The number of carbonyl (C=O) groups is 2. The van der Waals surface area contributed by atoms with Crippen LogP contribution in [-0.4, -0.2) is 53.3 Å². The van der Waals surface area contributed by atoms with E-state index in [9.17, 15) is 9.59 Å². The SMILES string of the molecule is C[C@H](C(=O)N1[C@@H](C)CCC[C@@H]1C)N(C)CC(=O)Nc1ccccc1Cl. The van der Waals surface area contributed by atoms with Crippen molar-refractivity contribution in [3.63, 3.8) is 0 Å². The molecule has 0 saturated carbocycles. The predicted molar refractivity (Wildman–Crippen MR) is 102 cm³/mol. The van der Waals surface area contributed by atoms with E-state index in [1.807, 2.05) is 24.0 Å². The Kier molecular flexibility index (Phi) is 6.85. The molecule has 0 aromatic heterocycles. The lowest BCUT2D eigenvalue weighted by molar-refractivity contribution is -0.142. The Labute approximate surface area is 155 Å². The van der Waals surface area contributed by atoms with E-state index in [0.29, 0.717) is 10.7 Å². The molecular formula is C19H28ClN3O2. The van der Waals surface area contributed by atoms with Crippen LogP contribution in [-0.2, 0) is 9.59 Å². The highest BCUT2D eigenvalue weighted by atomic mass is 35.5. The van der Waals surface area contributed by atoms with Crippen LogP contribution in [0.3, 0.4) is 0 Å². The molecule has 6 heteroatoms. The minimum absolute atomic E-state index is 0.0905. The first-order valence-corrected chi connectivity index (χ1v) is 9.25. The molecule has 1 aliphatic heterocycles. The Morgan fingerprint density at radius 2 is 1.88 bits per heavy atom. The quantitative estimate of drug-likeness (QED) is 0.870. The largest absolute Gasteiger partial charge is 0.336 e. The van der Waals surface area contributed by atoms with E-state index in [2.05, 4.69) is 19.2 Å². The molecule has 1 aliphatic rings. The van der Waals surface area contributed by atoms with Gasteiger partial charge in [-0.05, 0) is 59.2 Å². The maximum Gasteiger partial charge on any atom is 0.240 e. The number of hydrogen-bond donors (Lipinski definition) is 1. The number of carbonyl (C=O) groups excluding carboxylic acids is 2. The molecule has 0 bridgehead atoms. The summed E-state index contributed by atoms with van der Waals surface area (Å²) in [5, 5.41) is 3.29. The molecule has 138 valence electrons. The van der Waals surface area contributed by atoms with Gasteiger partial charge in [-0.3, -0.25) is 14.5 Å². The van der Waals surface area contributed by atoms with Crippen LogP contribution in [0, 0.1) is 0 Å². The molecule has 1 aromatic carbocycles. The van der Waals surface area contributed by atoms with Gasteiger partial charge in [0.2, 0.25) is 11.8 Å². The monoisotopic (exact) mass is 365 g/mol. The third kappa shape index (κ3) is 4.95. The molecule has 0 radical (unpaired) electrons. The summed E-state index contributed by atoms with van der Waals surface area (Å²) in [6, 6.07) is 7.27. The molecule has 2 amide bonds. The van der Waals surface area contributed by atoms with Gasteiger partial charge >= 0.3 is 0 Å². The van der Waals surface area contributed by atoms with Gasteiger partial charge in [-0.2, -0.15) is 0 Å². The lowest BCUT2D eigenvalue weighted by Crippen LogP contribution is -2.54. The summed E-state index contributed by atoms with van der Waals surface area (Å²) in [6.07, 6.45) is 3.25. The van der Waals surface area contributed by atoms with E-state index < -0.39 is 0 Å². The smallest absolute Gasteiger partial charge is 0.240 e. The minimum Gasteiger partial charge on any atom is -0.336 e.